The molecule has 1 unspecified atom stereocenters. The van der Waals surface area contributed by atoms with Crippen LogP contribution in [0.4, 0.5) is 0 Å². The van der Waals surface area contributed by atoms with Crippen LogP contribution in [0, 0.1) is 5.92 Å². The van der Waals surface area contributed by atoms with Crippen LogP contribution in [-0.2, 0) is 14.3 Å². The Morgan fingerprint density at radius 3 is 2.24 bits per heavy atom. The van der Waals surface area contributed by atoms with Crippen molar-refractivity contribution in [2.24, 2.45) is 5.92 Å². The molecule has 5 heteroatoms. The van der Waals surface area contributed by atoms with Crippen LogP contribution < -0.4 is 0 Å². The molecule has 0 aromatic carbocycles. The van der Waals surface area contributed by atoms with Gasteiger partial charge in [-0.05, 0) is 12.3 Å². The maximum atomic E-state index is 12.1. The average Bonchev–Trinajstić information content (AvgIpc) is 2.31. The number of carbonyl (C=O) groups excluding carboxylic acids is 1. The molecule has 0 bridgehead atoms. The van der Waals surface area contributed by atoms with Crippen molar-refractivity contribution in [1.29, 1.82) is 0 Å². The molecule has 0 aliphatic rings. The number of thiol groups is 1. The van der Waals surface area contributed by atoms with Gasteiger partial charge in [-0.2, -0.15) is 12.6 Å². The lowest BCUT2D eigenvalue weighted by atomic mass is 10.1. The predicted octanol–water partition coefficient (Wildman–Crippen LogP) is 1.45. The molecular weight excluding hydrogens is 238 g/mol. The van der Waals surface area contributed by atoms with Gasteiger partial charge >= 0.3 is 0 Å². The van der Waals surface area contributed by atoms with E-state index in [-0.39, 0.29) is 17.1 Å². The third-order valence-corrected chi connectivity index (χ3v) is 3.36. The quantitative estimate of drug-likeness (QED) is 0.505. The first-order chi connectivity index (χ1) is 8.04. The Hall–Kier alpha value is -0.260. The van der Waals surface area contributed by atoms with Gasteiger partial charge in [0.05, 0.1) is 11.9 Å². The van der Waals surface area contributed by atoms with Crippen LogP contribution in [-0.4, -0.2) is 56.6 Å². The van der Waals surface area contributed by atoms with Crippen LogP contribution in [0.3, 0.4) is 0 Å². The molecule has 1 atom stereocenters. The highest BCUT2D eigenvalue weighted by molar-refractivity contribution is 7.81. The molecule has 0 radical (unpaired) electrons. The van der Waals surface area contributed by atoms with Gasteiger partial charge in [0, 0.05) is 33.9 Å². The molecule has 0 saturated heterocycles. The number of rotatable bonds is 9. The molecule has 0 spiro atoms. The molecule has 0 heterocycles. The van der Waals surface area contributed by atoms with Crippen molar-refractivity contribution in [3.63, 3.8) is 0 Å². The summed E-state index contributed by atoms with van der Waals surface area (Å²) in [6, 6.07) is 0. The zero-order valence-electron chi connectivity index (χ0n) is 11.3. The molecule has 0 aliphatic carbocycles. The predicted molar refractivity (Wildman–Crippen MR) is 72.6 cm³/mol. The summed E-state index contributed by atoms with van der Waals surface area (Å²) in [5, 5.41) is -0.241. The summed E-state index contributed by atoms with van der Waals surface area (Å²) >= 11 is 4.36. The molecule has 0 saturated carbocycles. The minimum atomic E-state index is -0.241. The van der Waals surface area contributed by atoms with Gasteiger partial charge in [-0.25, -0.2) is 0 Å². The second-order valence-electron chi connectivity index (χ2n) is 4.35. The number of hydrogen-bond acceptors (Lipinski definition) is 4. The average molecular weight is 263 g/mol. The zero-order valence-corrected chi connectivity index (χ0v) is 12.2. The van der Waals surface area contributed by atoms with Crippen molar-refractivity contribution in [2.75, 3.05) is 40.5 Å². The number of methoxy groups -OCH3 is 2. The number of nitrogens with zero attached hydrogens (tertiary/aromatic N) is 1. The van der Waals surface area contributed by atoms with E-state index in [1.165, 1.54) is 0 Å². The van der Waals surface area contributed by atoms with E-state index in [9.17, 15) is 4.79 Å². The standard InChI is InChI=1S/C12H25NO3S/c1-10(2)11(17)12(14)13(7-9-16-4)6-5-8-15-3/h10-11,17H,5-9H2,1-4H3. The Morgan fingerprint density at radius 2 is 1.76 bits per heavy atom. The Balaban J connectivity index is 4.28. The van der Waals surface area contributed by atoms with Crippen LogP contribution >= 0.6 is 12.6 Å². The normalized spacial score (nSPS) is 12.8. The van der Waals surface area contributed by atoms with Crippen molar-refractivity contribution >= 4 is 18.5 Å². The molecule has 0 aromatic heterocycles. The third kappa shape index (κ3) is 6.91. The van der Waals surface area contributed by atoms with Gasteiger partial charge in [0.15, 0.2) is 0 Å². The van der Waals surface area contributed by atoms with E-state index in [1.807, 2.05) is 13.8 Å². The third-order valence-electron chi connectivity index (χ3n) is 2.54. The topological polar surface area (TPSA) is 38.8 Å². The van der Waals surface area contributed by atoms with Gasteiger partial charge in [0.1, 0.15) is 0 Å². The van der Waals surface area contributed by atoms with Gasteiger partial charge in [-0.3, -0.25) is 4.79 Å². The van der Waals surface area contributed by atoms with Crippen molar-refractivity contribution in [2.45, 2.75) is 25.5 Å². The maximum Gasteiger partial charge on any atom is 0.235 e. The van der Waals surface area contributed by atoms with Crippen LogP contribution in [0.2, 0.25) is 0 Å². The van der Waals surface area contributed by atoms with E-state index in [1.54, 1.807) is 19.1 Å². The summed E-state index contributed by atoms with van der Waals surface area (Å²) in [4.78, 5) is 13.9. The lowest BCUT2D eigenvalue weighted by Gasteiger charge is -2.26. The first kappa shape index (κ1) is 16.7. The smallest absolute Gasteiger partial charge is 0.235 e. The second-order valence-corrected chi connectivity index (χ2v) is 4.91. The zero-order chi connectivity index (χ0) is 13.3. The summed E-state index contributed by atoms with van der Waals surface area (Å²) in [6.07, 6.45) is 0.838. The summed E-state index contributed by atoms with van der Waals surface area (Å²) < 4.78 is 10.0. The van der Waals surface area contributed by atoms with Crippen molar-refractivity contribution < 1.29 is 14.3 Å². The summed E-state index contributed by atoms with van der Waals surface area (Å²) in [6.45, 7) is 6.52. The molecule has 0 rings (SSSR count). The summed E-state index contributed by atoms with van der Waals surface area (Å²) in [5.74, 6) is 0.315. The van der Waals surface area contributed by atoms with E-state index in [2.05, 4.69) is 12.6 Å². The van der Waals surface area contributed by atoms with Crippen LogP contribution in [0.25, 0.3) is 0 Å². The van der Waals surface area contributed by atoms with Crippen LogP contribution in [0.5, 0.6) is 0 Å². The van der Waals surface area contributed by atoms with E-state index in [0.717, 1.165) is 6.42 Å². The number of amides is 1. The molecule has 0 fully saturated rings. The fraction of sp³-hybridized carbons (Fsp3) is 0.917. The van der Waals surface area contributed by atoms with Crippen molar-refractivity contribution in [3.8, 4) is 0 Å². The number of hydrogen-bond donors (Lipinski definition) is 1. The maximum absolute atomic E-state index is 12.1. The molecule has 0 aliphatic heterocycles. The SMILES string of the molecule is COCCCN(CCOC)C(=O)C(S)C(C)C. The Morgan fingerprint density at radius 1 is 1.18 bits per heavy atom. The lowest BCUT2D eigenvalue weighted by molar-refractivity contribution is -0.132. The fourth-order valence-electron chi connectivity index (χ4n) is 1.41. The van der Waals surface area contributed by atoms with E-state index >= 15 is 0 Å². The Kier molecular flexibility index (Phi) is 9.59. The Labute approximate surface area is 110 Å². The fourth-order valence-corrected chi connectivity index (χ4v) is 1.57. The minimum absolute atomic E-state index is 0.0801. The first-order valence-corrected chi connectivity index (χ1v) is 6.51. The lowest BCUT2D eigenvalue weighted by Crippen LogP contribution is -2.41. The first-order valence-electron chi connectivity index (χ1n) is 5.99. The van der Waals surface area contributed by atoms with Crippen LogP contribution in [0.15, 0.2) is 0 Å². The van der Waals surface area contributed by atoms with E-state index in [0.29, 0.717) is 26.3 Å². The van der Waals surface area contributed by atoms with Crippen molar-refractivity contribution in [3.05, 3.63) is 0 Å². The minimum Gasteiger partial charge on any atom is -0.385 e. The monoisotopic (exact) mass is 263 g/mol. The van der Waals surface area contributed by atoms with Crippen molar-refractivity contribution in [1.82, 2.24) is 4.90 Å². The molecule has 4 nitrogen and oxygen atoms in total. The second kappa shape index (κ2) is 9.74. The van der Waals surface area contributed by atoms with E-state index < -0.39 is 0 Å². The molecule has 0 aromatic rings. The molecule has 0 N–H and O–H groups in total. The largest absolute Gasteiger partial charge is 0.385 e. The summed E-state index contributed by atoms with van der Waals surface area (Å²) in [7, 11) is 3.30. The van der Waals surface area contributed by atoms with Gasteiger partial charge in [-0.15, -0.1) is 0 Å². The van der Waals surface area contributed by atoms with Gasteiger partial charge in [-0.1, -0.05) is 13.8 Å². The molecule has 102 valence electrons. The molecule has 17 heavy (non-hydrogen) atoms. The van der Waals surface area contributed by atoms with Crippen LogP contribution in [0.1, 0.15) is 20.3 Å². The number of ether oxygens (including phenoxy) is 2. The molecular formula is C12H25NO3S. The van der Waals surface area contributed by atoms with Gasteiger partial charge < -0.3 is 14.4 Å². The van der Waals surface area contributed by atoms with E-state index in [4.69, 9.17) is 9.47 Å². The Bertz CT molecular complexity index is 212. The molecule has 1 amide bonds. The highest BCUT2D eigenvalue weighted by Gasteiger charge is 2.23. The van der Waals surface area contributed by atoms with Gasteiger partial charge in [0.2, 0.25) is 5.91 Å². The highest BCUT2D eigenvalue weighted by atomic mass is 32.1. The van der Waals surface area contributed by atoms with Gasteiger partial charge in [0.25, 0.3) is 0 Å². The highest BCUT2D eigenvalue weighted by Crippen LogP contribution is 2.12. The summed E-state index contributed by atoms with van der Waals surface area (Å²) in [5.41, 5.74) is 0. The number of carbonyl (C=O) groups is 1.